The molecule has 0 atom stereocenters. The van der Waals surface area contributed by atoms with E-state index < -0.39 is 53.1 Å². The van der Waals surface area contributed by atoms with E-state index in [1.165, 1.54) is 31.3 Å². The highest BCUT2D eigenvalue weighted by Gasteiger charge is 2.33. The number of anilines is 2. The van der Waals surface area contributed by atoms with Crippen LogP contribution in [0.5, 0.6) is 0 Å². The Morgan fingerprint density at radius 1 is 0.567 bits per heavy atom. The maximum absolute atomic E-state index is 14.0. The first-order valence-corrected chi connectivity index (χ1v) is 23.7. The van der Waals surface area contributed by atoms with Crippen LogP contribution in [0.4, 0.5) is 27.8 Å². The standard InChI is InChI=1S/C21H21F2N3O2S2.C19H15Cl2F2N3O2S2/c1-14-3-4-15(2)17(11-14)19-13-29-21(24-19)25-7-9-26(10-8-25)30(27,28)20-6-5-16(22)12-18(20)23;20-12-1-3-14(15(21)9-12)17-11-29-19(24-17)25-5-7-26(8-6-25)30(27,28)18-4-2-13(22)10-16(18)23/h3-6,11-13H,7-10H2,1-2H3;1-4,9-11H,5-8H2. The molecule has 2 aromatic heterocycles. The zero-order chi connectivity index (χ0) is 42.9. The van der Waals surface area contributed by atoms with Crippen LogP contribution in [0.25, 0.3) is 22.5 Å². The summed E-state index contributed by atoms with van der Waals surface area (Å²) >= 11 is 15.1. The van der Waals surface area contributed by atoms with Crippen LogP contribution in [0.15, 0.2) is 93.3 Å². The third kappa shape index (κ3) is 9.50. The highest BCUT2D eigenvalue weighted by atomic mass is 35.5. The van der Waals surface area contributed by atoms with Crippen molar-refractivity contribution in [3.8, 4) is 22.5 Å². The summed E-state index contributed by atoms with van der Waals surface area (Å²) in [5.41, 5.74) is 5.77. The van der Waals surface area contributed by atoms with Gasteiger partial charge in [0.1, 0.15) is 33.1 Å². The van der Waals surface area contributed by atoms with Gasteiger partial charge in [-0.2, -0.15) is 8.61 Å². The van der Waals surface area contributed by atoms with Crippen molar-refractivity contribution < 1.29 is 34.4 Å². The van der Waals surface area contributed by atoms with Gasteiger partial charge in [0.15, 0.2) is 10.3 Å². The quantitative estimate of drug-likeness (QED) is 0.139. The summed E-state index contributed by atoms with van der Waals surface area (Å²) in [6.07, 6.45) is 0. The predicted octanol–water partition coefficient (Wildman–Crippen LogP) is 9.12. The van der Waals surface area contributed by atoms with Crippen LogP contribution in [0.1, 0.15) is 11.1 Å². The molecule has 0 saturated carbocycles. The smallest absolute Gasteiger partial charge is 0.246 e. The number of sulfonamides is 2. The largest absolute Gasteiger partial charge is 0.345 e. The third-order valence-electron chi connectivity index (χ3n) is 9.90. The second-order valence-corrected chi connectivity index (χ2v) is 20.2. The number of rotatable bonds is 8. The summed E-state index contributed by atoms with van der Waals surface area (Å²) in [6, 6.07) is 16.4. The summed E-state index contributed by atoms with van der Waals surface area (Å²) in [5.74, 6) is -3.80. The average molecular weight is 940 g/mol. The molecule has 20 heteroatoms. The third-order valence-corrected chi connectivity index (χ3v) is 16.1. The normalized spacial score (nSPS) is 15.5. The molecule has 0 unspecified atom stereocenters. The molecule has 10 nitrogen and oxygen atoms in total. The zero-order valence-electron chi connectivity index (χ0n) is 32.0. The monoisotopic (exact) mass is 938 g/mol. The molecule has 316 valence electrons. The minimum absolute atomic E-state index is 0.162. The fourth-order valence-electron chi connectivity index (χ4n) is 6.66. The molecule has 0 radical (unpaired) electrons. The number of halogens is 6. The van der Waals surface area contributed by atoms with Gasteiger partial charge in [-0.05, 0) is 67.9 Å². The van der Waals surface area contributed by atoms with E-state index in [0.29, 0.717) is 54.1 Å². The Hall–Kier alpha value is -4.14. The predicted molar refractivity (Wildman–Crippen MR) is 229 cm³/mol. The van der Waals surface area contributed by atoms with E-state index in [1.54, 1.807) is 18.2 Å². The topological polar surface area (TPSA) is 107 Å². The van der Waals surface area contributed by atoms with Crippen LogP contribution in [-0.4, -0.2) is 87.8 Å². The maximum atomic E-state index is 14.0. The Morgan fingerprint density at radius 3 is 1.48 bits per heavy atom. The Morgan fingerprint density at radius 2 is 1.03 bits per heavy atom. The molecule has 0 spiro atoms. The molecular formula is C40H36Cl2F4N6O4S4. The lowest BCUT2D eigenvalue weighted by atomic mass is 10.0. The molecule has 0 N–H and O–H groups in total. The van der Waals surface area contributed by atoms with Crippen molar-refractivity contribution in [2.45, 2.75) is 23.6 Å². The van der Waals surface area contributed by atoms with E-state index in [9.17, 15) is 34.4 Å². The molecule has 0 amide bonds. The van der Waals surface area contributed by atoms with Crippen molar-refractivity contribution in [1.82, 2.24) is 18.6 Å². The van der Waals surface area contributed by atoms with E-state index in [0.717, 1.165) is 62.5 Å². The molecule has 4 heterocycles. The second-order valence-electron chi connectivity index (χ2n) is 13.9. The first-order chi connectivity index (χ1) is 28.5. The van der Waals surface area contributed by atoms with Gasteiger partial charge >= 0.3 is 0 Å². The second kappa shape index (κ2) is 18.1. The van der Waals surface area contributed by atoms with E-state index in [1.807, 2.05) is 34.4 Å². The van der Waals surface area contributed by atoms with Crippen molar-refractivity contribution in [3.05, 3.63) is 128 Å². The van der Waals surface area contributed by atoms with Crippen molar-refractivity contribution in [2.75, 3.05) is 62.2 Å². The van der Waals surface area contributed by atoms with Crippen LogP contribution in [0.3, 0.4) is 0 Å². The highest BCUT2D eigenvalue weighted by Crippen LogP contribution is 2.35. The first kappa shape index (κ1) is 43.9. The van der Waals surface area contributed by atoms with Gasteiger partial charge in [-0.15, -0.1) is 22.7 Å². The average Bonchev–Trinajstić information content (AvgIpc) is 3.90. The summed E-state index contributed by atoms with van der Waals surface area (Å²) in [5, 5.41) is 6.48. The van der Waals surface area contributed by atoms with Crippen molar-refractivity contribution in [1.29, 1.82) is 0 Å². The Bertz CT molecular complexity index is 2760. The number of piperazine rings is 2. The molecule has 6 aromatic rings. The molecule has 2 aliphatic heterocycles. The lowest BCUT2D eigenvalue weighted by Crippen LogP contribution is -2.48. The van der Waals surface area contributed by atoms with Gasteiger partial charge in [0.05, 0.1) is 16.4 Å². The van der Waals surface area contributed by atoms with Crippen LogP contribution >= 0.6 is 45.9 Å². The molecule has 2 aliphatic rings. The van der Waals surface area contributed by atoms with Gasteiger partial charge in [0, 0.05) is 91.4 Å². The fraction of sp³-hybridized carbons (Fsp3) is 0.250. The van der Waals surface area contributed by atoms with Gasteiger partial charge < -0.3 is 9.80 Å². The number of aromatic nitrogens is 2. The lowest BCUT2D eigenvalue weighted by molar-refractivity contribution is 0.381. The van der Waals surface area contributed by atoms with Crippen molar-refractivity contribution >= 4 is 76.2 Å². The van der Waals surface area contributed by atoms with Gasteiger partial charge in [-0.1, -0.05) is 40.9 Å². The molecule has 8 rings (SSSR count). The SMILES string of the molecule is Cc1ccc(C)c(-c2csc(N3CCN(S(=O)(=O)c4ccc(F)cc4F)CC3)n2)c1.O=S(=O)(c1ccc(F)cc1F)N1CCN(c2nc(-c3ccc(Cl)cc3Cl)cs2)CC1. The molecule has 0 aliphatic carbocycles. The number of thiazole rings is 2. The molecule has 2 saturated heterocycles. The van der Waals surface area contributed by atoms with Gasteiger partial charge in [0.25, 0.3) is 0 Å². The van der Waals surface area contributed by atoms with Crippen LogP contribution in [-0.2, 0) is 20.0 Å². The Kier molecular flexibility index (Phi) is 13.2. The number of hydrogen-bond donors (Lipinski definition) is 0. The lowest BCUT2D eigenvalue weighted by Gasteiger charge is -2.33. The number of nitrogens with zero attached hydrogens (tertiary/aromatic N) is 6. The van der Waals surface area contributed by atoms with Gasteiger partial charge in [0.2, 0.25) is 20.0 Å². The number of hydrogen-bond acceptors (Lipinski definition) is 10. The minimum Gasteiger partial charge on any atom is -0.345 e. The van der Waals surface area contributed by atoms with Crippen LogP contribution < -0.4 is 9.80 Å². The highest BCUT2D eigenvalue weighted by molar-refractivity contribution is 7.89. The van der Waals surface area contributed by atoms with Gasteiger partial charge in [-0.25, -0.2) is 44.4 Å². The summed E-state index contributed by atoms with van der Waals surface area (Å²) < 4.78 is 108. The summed E-state index contributed by atoms with van der Waals surface area (Å²) in [6.45, 7) is 6.50. The fourth-order valence-corrected chi connectivity index (χ4v) is 11.9. The molecule has 60 heavy (non-hydrogen) atoms. The van der Waals surface area contributed by atoms with Crippen molar-refractivity contribution in [3.63, 3.8) is 0 Å². The number of benzene rings is 4. The van der Waals surface area contributed by atoms with E-state index in [4.69, 9.17) is 28.2 Å². The van der Waals surface area contributed by atoms with Crippen LogP contribution in [0.2, 0.25) is 10.0 Å². The molecule has 4 aromatic carbocycles. The van der Waals surface area contributed by atoms with E-state index in [2.05, 4.69) is 23.2 Å². The zero-order valence-corrected chi connectivity index (χ0v) is 36.7. The molecule has 2 fully saturated rings. The summed E-state index contributed by atoms with van der Waals surface area (Å²) in [4.78, 5) is 12.3. The van der Waals surface area contributed by atoms with Crippen molar-refractivity contribution in [2.24, 2.45) is 0 Å². The Labute approximate surface area is 363 Å². The Balaban J connectivity index is 0.000000181. The van der Waals surface area contributed by atoms with Gasteiger partial charge in [-0.3, -0.25) is 0 Å². The van der Waals surface area contributed by atoms with Crippen LogP contribution in [0, 0.1) is 37.1 Å². The maximum Gasteiger partial charge on any atom is 0.246 e. The van der Waals surface area contributed by atoms with E-state index in [-0.39, 0.29) is 26.2 Å². The first-order valence-electron chi connectivity index (χ1n) is 18.4. The molecular weight excluding hydrogens is 904 g/mol. The number of aryl methyl sites for hydroxylation is 2. The molecule has 0 bridgehead atoms. The minimum atomic E-state index is -4.04. The summed E-state index contributed by atoms with van der Waals surface area (Å²) in [7, 11) is -8.06. The van der Waals surface area contributed by atoms with E-state index >= 15 is 0 Å².